The molecular weight excluding hydrogens is 243 g/mol. The first kappa shape index (κ1) is 15.1. The average molecular weight is 266 g/mol. The molecule has 0 fully saturated rings. The van der Waals surface area contributed by atoms with Gasteiger partial charge in [0.15, 0.2) is 0 Å². The van der Waals surface area contributed by atoms with Crippen LogP contribution in [-0.2, 0) is 0 Å². The summed E-state index contributed by atoms with van der Waals surface area (Å²) in [7, 11) is -3.33. The van der Waals surface area contributed by atoms with E-state index in [0.29, 0.717) is 10.8 Å². The van der Waals surface area contributed by atoms with E-state index in [-0.39, 0.29) is 0 Å². The van der Waals surface area contributed by atoms with Crippen molar-refractivity contribution < 1.29 is 8.90 Å². The van der Waals surface area contributed by atoms with E-state index < -0.39 is 18.5 Å². The van der Waals surface area contributed by atoms with E-state index in [9.17, 15) is 4.79 Å². The summed E-state index contributed by atoms with van der Waals surface area (Å²) in [6.45, 7) is 11.6. The highest BCUT2D eigenvalue weighted by molar-refractivity contribution is 6.91. The van der Waals surface area contributed by atoms with E-state index in [1.165, 1.54) is 0 Å². The monoisotopic (exact) mass is 266 g/mol. The number of aldehydes is 1. The van der Waals surface area contributed by atoms with Gasteiger partial charge in [-0.3, -0.25) is 4.79 Å². The molecule has 0 saturated heterocycles. The predicted octanol–water partition coefficient (Wildman–Crippen LogP) is 4.22. The van der Waals surface area contributed by atoms with Crippen LogP contribution in [0.3, 0.4) is 0 Å². The van der Waals surface area contributed by atoms with Crippen LogP contribution in [0.4, 0.5) is 4.11 Å². The summed E-state index contributed by atoms with van der Waals surface area (Å²) in [6, 6.07) is 7.10. The van der Waals surface area contributed by atoms with Gasteiger partial charge in [0.1, 0.15) is 6.29 Å². The van der Waals surface area contributed by atoms with Crippen molar-refractivity contribution in [1.82, 2.24) is 0 Å². The van der Waals surface area contributed by atoms with Crippen molar-refractivity contribution in [1.29, 1.82) is 0 Å². The molecule has 1 aromatic carbocycles. The van der Waals surface area contributed by atoms with Gasteiger partial charge >= 0.3 is 0 Å². The highest BCUT2D eigenvalue weighted by atomic mass is 28.4. The van der Waals surface area contributed by atoms with Crippen LogP contribution in [0.25, 0.3) is 0 Å². The number of hydrogen-bond donors (Lipinski definition) is 0. The number of halogens is 1. The molecule has 0 spiro atoms. The summed E-state index contributed by atoms with van der Waals surface area (Å²) < 4.78 is 16.0. The molecule has 0 bridgehead atoms. The Morgan fingerprint density at radius 3 is 1.83 bits per heavy atom. The third-order valence-electron chi connectivity index (χ3n) is 3.53. The number of hydrogen-bond acceptors (Lipinski definition) is 1. The van der Waals surface area contributed by atoms with Gasteiger partial charge in [-0.1, -0.05) is 65.8 Å². The second-order valence-electron chi connectivity index (χ2n) is 6.86. The molecular formula is C15H23FOSi. The lowest BCUT2D eigenvalue weighted by Gasteiger charge is -2.45. The van der Waals surface area contributed by atoms with Gasteiger partial charge in [-0.25, -0.2) is 0 Å². The maximum Gasteiger partial charge on any atom is 0.288 e. The Hall–Kier alpha value is -0.963. The van der Waals surface area contributed by atoms with Crippen molar-refractivity contribution in [3.05, 3.63) is 29.8 Å². The van der Waals surface area contributed by atoms with Crippen LogP contribution >= 0.6 is 0 Å². The maximum atomic E-state index is 16.0. The quantitative estimate of drug-likeness (QED) is 0.445. The normalized spacial score (nSPS) is 13.5. The molecule has 0 aliphatic heterocycles. The lowest BCUT2D eigenvalue weighted by atomic mass is 10.2. The van der Waals surface area contributed by atoms with Crippen molar-refractivity contribution in [3.8, 4) is 0 Å². The van der Waals surface area contributed by atoms with Gasteiger partial charge < -0.3 is 4.11 Å². The first-order chi connectivity index (χ1) is 8.05. The highest BCUT2D eigenvalue weighted by Crippen LogP contribution is 2.51. The van der Waals surface area contributed by atoms with Crippen LogP contribution in [0.2, 0.25) is 10.1 Å². The molecule has 0 radical (unpaired) electrons. The molecule has 0 aliphatic rings. The largest absolute Gasteiger partial charge is 0.307 e. The summed E-state index contributed by atoms with van der Waals surface area (Å²) in [5.74, 6) is 0. The minimum Gasteiger partial charge on any atom is -0.307 e. The molecule has 0 saturated carbocycles. The van der Waals surface area contributed by atoms with Crippen molar-refractivity contribution in [2.24, 2.45) is 0 Å². The lowest BCUT2D eigenvalue weighted by molar-refractivity contribution is 0.112. The van der Waals surface area contributed by atoms with Gasteiger partial charge in [0.05, 0.1) is 0 Å². The fourth-order valence-corrected chi connectivity index (χ4v) is 7.58. The van der Waals surface area contributed by atoms with Crippen LogP contribution < -0.4 is 5.19 Å². The Kier molecular flexibility index (Phi) is 3.87. The molecule has 1 aromatic rings. The molecule has 0 atom stereocenters. The van der Waals surface area contributed by atoms with Gasteiger partial charge in [0, 0.05) is 5.56 Å². The topological polar surface area (TPSA) is 17.1 Å². The van der Waals surface area contributed by atoms with Gasteiger partial charge in [-0.2, -0.15) is 0 Å². The number of carbonyl (C=O) groups excluding carboxylic acids is 1. The van der Waals surface area contributed by atoms with Crippen LogP contribution in [0.5, 0.6) is 0 Å². The average Bonchev–Trinajstić information content (AvgIpc) is 2.24. The van der Waals surface area contributed by atoms with Crippen LogP contribution in [0.15, 0.2) is 24.3 Å². The molecule has 0 heterocycles. The van der Waals surface area contributed by atoms with E-state index in [2.05, 4.69) is 0 Å². The first-order valence-corrected chi connectivity index (χ1v) is 8.17. The van der Waals surface area contributed by atoms with Crippen molar-refractivity contribution in [2.75, 3.05) is 0 Å². The molecule has 0 aliphatic carbocycles. The zero-order valence-corrected chi connectivity index (χ0v) is 13.2. The molecule has 1 nitrogen and oxygen atoms in total. The molecule has 0 N–H and O–H groups in total. The minimum absolute atomic E-state index is 0.454. The SMILES string of the molecule is CC(C)(C)[Si](F)(c1ccccc1C=O)C(C)(C)C. The summed E-state index contributed by atoms with van der Waals surface area (Å²) in [6.07, 6.45) is 0.772. The molecule has 18 heavy (non-hydrogen) atoms. The predicted molar refractivity (Wildman–Crippen MR) is 77.8 cm³/mol. The Balaban J connectivity index is 3.61. The molecule has 0 amide bonds. The van der Waals surface area contributed by atoms with Gasteiger partial charge in [0.2, 0.25) is 0 Å². The summed E-state index contributed by atoms with van der Waals surface area (Å²) in [5.41, 5.74) is 0.497. The van der Waals surface area contributed by atoms with Crippen LogP contribution in [-0.4, -0.2) is 14.7 Å². The van der Waals surface area contributed by atoms with Crippen molar-refractivity contribution in [2.45, 2.75) is 51.6 Å². The van der Waals surface area contributed by atoms with Crippen LogP contribution in [0, 0.1) is 0 Å². The Morgan fingerprint density at radius 1 is 1.00 bits per heavy atom. The van der Waals surface area contributed by atoms with E-state index in [0.717, 1.165) is 6.29 Å². The molecule has 0 unspecified atom stereocenters. The Morgan fingerprint density at radius 2 is 1.44 bits per heavy atom. The Labute approximate surface area is 111 Å². The molecule has 100 valence electrons. The smallest absolute Gasteiger partial charge is 0.288 e. The van der Waals surface area contributed by atoms with E-state index in [1.54, 1.807) is 18.2 Å². The fraction of sp³-hybridized carbons (Fsp3) is 0.533. The van der Waals surface area contributed by atoms with Crippen molar-refractivity contribution in [3.63, 3.8) is 0 Å². The van der Waals surface area contributed by atoms with Gasteiger partial charge in [-0.15, -0.1) is 0 Å². The summed E-state index contributed by atoms with van der Waals surface area (Å²) in [5, 5.41) is -0.283. The lowest BCUT2D eigenvalue weighted by Crippen LogP contribution is -2.59. The fourth-order valence-electron chi connectivity index (χ4n) is 2.85. The third-order valence-corrected chi connectivity index (χ3v) is 8.86. The standard InChI is InChI=1S/C15H23FOSi/c1-14(2,3)18(16,15(4,5)6)13-10-8-7-9-12(13)11-17/h7-11H,1-6H3. The van der Waals surface area contributed by atoms with E-state index >= 15 is 4.11 Å². The first-order valence-electron chi connectivity index (χ1n) is 6.29. The maximum absolute atomic E-state index is 16.0. The second-order valence-corrected chi connectivity index (χ2v) is 11.7. The second kappa shape index (κ2) is 4.61. The van der Waals surface area contributed by atoms with Gasteiger partial charge in [0.25, 0.3) is 8.41 Å². The van der Waals surface area contributed by atoms with E-state index in [4.69, 9.17) is 0 Å². The zero-order valence-electron chi connectivity index (χ0n) is 12.2. The summed E-state index contributed by atoms with van der Waals surface area (Å²) in [4.78, 5) is 11.2. The minimum atomic E-state index is -3.33. The highest BCUT2D eigenvalue weighted by Gasteiger charge is 2.57. The summed E-state index contributed by atoms with van der Waals surface area (Å²) >= 11 is 0. The number of benzene rings is 1. The molecule has 3 heteroatoms. The number of carbonyl (C=O) groups is 1. The molecule has 0 aromatic heterocycles. The molecule has 1 rings (SSSR count). The van der Waals surface area contributed by atoms with Gasteiger partial charge in [-0.05, 0) is 15.3 Å². The van der Waals surface area contributed by atoms with Crippen LogP contribution in [0.1, 0.15) is 51.9 Å². The van der Waals surface area contributed by atoms with Crippen molar-refractivity contribution >= 4 is 19.9 Å². The third kappa shape index (κ3) is 2.28. The van der Waals surface area contributed by atoms with E-state index in [1.807, 2.05) is 47.6 Å². The zero-order chi connectivity index (χ0) is 14.2. The number of rotatable bonds is 2. The Bertz CT molecular complexity index is 427.